The van der Waals surface area contributed by atoms with Crippen LogP contribution in [0.4, 0.5) is 10.9 Å². The van der Waals surface area contributed by atoms with Crippen LogP contribution in [-0.2, 0) is 6.42 Å². The fraction of sp³-hybridized carbons (Fsp3) is 0.571. The first kappa shape index (κ1) is 18.4. The summed E-state index contributed by atoms with van der Waals surface area (Å²) in [4.78, 5) is 5.55. The Bertz CT molecular complexity index is 476. The Morgan fingerprint density at radius 3 is 2.45 bits per heavy atom. The fourth-order valence-electron chi connectivity index (χ4n) is 1.65. The second-order valence-electron chi connectivity index (χ2n) is 3.16. The van der Waals surface area contributed by atoms with Crippen molar-refractivity contribution in [3.05, 3.63) is 11.1 Å². The Balaban J connectivity index is 0.000000538. The van der Waals surface area contributed by atoms with Crippen molar-refractivity contribution in [2.45, 2.75) is 48.0 Å². The number of fused-ring (bicyclic) bond motifs is 3. The number of aromatic nitrogens is 3. The highest BCUT2D eigenvalue weighted by atomic mass is 32.1. The highest BCUT2D eigenvalue weighted by Crippen LogP contribution is 2.35. The smallest absolute Gasteiger partial charge is 0.180 e. The normalized spacial score (nSPS) is 10.7. The van der Waals surface area contributed by atoms with Crippen molar-refractivity contribution < 1.29 is 0 Å². The summed E-state index contributed by atoms with van der Waals surface area (Å²) in [5.41, 5.74) is 7.68. The second-order valence-corrected chi connectivity index (χ2v) is 4.27. The minimum absolute atomic E-state index is 0.629. The zero-order valence-electron chi connectivity index (χ0n) is 13.4. The number of hydrogen-bond donors (Lipinski definition) is 3. The van der Waals surface area contributed by atoms with E-state index in [1.807, 2.05) is 41.5 Å². The average Bonchev–Trinajstić information content (AvgIpc) is 3.09. The van der Waals surface area contributed by atoms with Gasteiger partial charge in [-0.05, 0) is 0 Å². The summed E-state index contributed by atoms with van der Waals surface area (Å²) in [6.45, 7) is 12.9. The Labute approximate surface area is 126 Å². The van der Waals surface area contributed by atoms with Gasteiger partial charge in [-0.1, -0.05) is 41.5 Å². The number of nitrogens with zero attached hydrogens (tertiary/aromatic N) is 2. The number of thiazole rings is 1. The molecule has 0 atom stereocenters. The van der Waals surface area contributed by atoms with E-state index in [0.717, 1.165) is 30.0 Å². The first-order valence-corrected chi connectivity index (χ1v) is 8.19. The predicted octanol–water partition coefficient (Wildman–Crippen LogP) is 4.16. The summed E-state index contributed by atoms with van der Waals surface area (Å²) in [6, 6.07) is 0. The molecule has 4 N–H and O–H groups in total. The van der Waals surface area contributed by atoms with Gasteiger partial charge >= 0.3 is 0 Å². The number of hydrogen-bond acceptors (Lipinski definition) is 5. The molecule has 5 nitrogen and oxygen atoms in total. The van der Waals surface area contributed by atoms with Crippen molar-refractivity contribution in [3.63, 3.8) is 0 Å². The third-order valence-electron chi connectivity index (χ3n) is 2.26. The van der Waals surface area contributed by atoms with Gasteiger partial charge in [0.25, 0.3) is 0 Å². The van der Waals surface area contributed by atoms with Crippen molar-refractivity contribution in [2.75, 3.05) is 17.6 Å². The molecular weight excluding hydrogens is 270 g/mol. The van der Waals surface area contributed by atoms with Crippen LogP contribution in [0.15, 0.2) is 6.20 Å². The zero-order valence-corrected chi connectivity index (χ0v) is 14.2. The van der Waals surface area contributed by atoms with Crippen LogP contribution in [0.25, 0.3) is 11.3 Å². The number of nitrogen functional groups attached to an aromatic ring is 1. The van der Waals surface area contributed by atoms with Gasteiger partial charge in [-0.15, -0.1) is 11.3 Å². The molecule has 3 heterocycles. The van der Waals surface area contributed by atoms with Gasteiger partial charge in [0.1, 0.15) is 5.82 Å². The second kappa shape index (κ2) is 10.3. The molecule has 0 aromatic carbocycles. The van der Waals surface area contributed by atoms with Gasteiger partial charge in [0.2, 0.25) is 0 Å². The summed E-state index contributed by atoms with van der Waals surface area (Å²) in [6.07, 6.45) is 2.75. The molecule has 0 unspecified atom stereocenters. The summed E-state index contributed by atoms with van der Waals surface area (Å²) in [5.74, 6) is 0.939. The highest BCUT2D eigenvalue weighted by Gasteiger charge is 2.19. The Hall–Kier alpha value is -1.56. The molecule has 114 valence electrons. The topological polar surface area (TPSA) is 79.6 Å². The monoisotopic (exact) mass is 297 g/mol. The van der Waals surface area contributed by atoms with Crippen LogP contribution in [-0.4, -0.2) is 21.7 Å². The van der Waals surface area contributed by atoms with Gasteiger partial charge in [0.05, 0.1) is 17.5 Å². The molecule has 0 amide bonds. The molecule has 20 heavy (non-hydrogen) atoms. The fourth-order valence-corrected chi connectivity index (χ4v) is 2.50. The van der Waals surface area contributed by atoms with Crippen LogP contribution >= 0.6 is 11.3 Å². The molecule has 1 aliphatic rings. The van der Waals surface area contributed by atoms with Crippen LogP contribution in [0, 0.1) is 0 Å². The summed E-state index contributed by atoms with van der Waals surface area (Å²) >= 11 is 1.56. The molecule has 1 aliphatic heterocycles. The standard InChI is InChI=1S/C8H9N5S.3C2H6/c9-8-12-6-4-3-11-13-7(4)10-2-1-5(6)14-8;3*1-2/h3H,1-2H2,(H2,9,12)(H2,10,11,13);3*1-2H3. The first-order chi connectivity index (χ1) is 9.84. The molecule has 0 radical (unpaired) electrons. The van der Waals surface area contributed by atoms with E-state index < -0.39 is 0 Å². The minimum atomic E-state index is 0.629. The van der Waals surface area contributed by atoms with Gasteiger partial charge < -0.3 is 11.1 Å². The Morgan fingerprint density at radius 1 is 1.15 bits per heavy atom. The number of nitrogens with one attached hydrogen (secondary N) is 2. The molecular formula is C14H27N5S. The lowest BCUT2D eigenvalue weighted by Crippen LogP contribution is -2.02. The van der Waals surface area contributed by atoms with Gasteiger partial charge in [0.15, 0.2) is 5.13 Å². The molecule has 0 spiro atoms. The number of aromatic amines is 1. The molecule has 0 fully saturated rings. The summed E-state index contributed by atoms with van der Waals surface area (Å²) in [5, 5.41) is 10.8. The Kier molecular flexibility index (Phi) is 9.45. The molecule has 0 saturated heterocycles. The molecule has 3 rings (SSSR count). The maximum absolute atomic E-state index is 5.69. The molecule has 0 bridgehead atoms. The minimum Gasteiger partial charge on any atom is -0.375 e. The van der Waals surface area contributed by atoms with E-state index in [2.05, 4.69) is 20.5 Å². The van der Waals surface area contributed by atoms with Gasteiger partial charge in [-0.3, -0.25) is 5.10 Å². The number of nitrogens with two attached hydrogens (primary N) is 1. The molecule has 6 heteroatoms. The van der Waals surface area contributed by atoms with Crippen molar-refractivity contribution in [1.82, 2.24) is 15.2 Å². The van der Waals surface area contributed by atoms with E-state index in [1.54, 1.807) is 17.5 Å². The lowest BCUT2D eigenvalue weighted by molar-refractivity contribution is 1.01. The summed E-state index contributed by atoms with van der Waals surface area (Å²) < 4.78 is 0. The van der Waals surface area contributed by atoms with Crippen LogP contribution in [0.5, 0.6) is 0 Å². The van der Waals surface area contributed by atoms with Crippen molar-refractivity contribution in [3.8, 4) is 11.3 Å². The van der Waals surface area contributed by atoms with E-state index >= 15 is 0 Å². The van der Waals surface area contributed by atoms with Crippen molar-refractivity contribution in [1.29, 1.82) is 0 Å². The van der Waals surface area contributed by atoms with Gasteiger partial charge in [-0.2, -0.15) is 5.10 Å². The Morgan fingerprint density at radius 2 is 1.80 bits per heavy atom. The SMILES string of the molecule is CC.CC.CC.Nc1nc2c(s1)CCNc1[nH]ncc1-2. The largest absolute Gasteiger partial charge is 0.375 e. The molecule has 0 saturated carbocycles. The maximum atomic E-state index is 5.69. The van der Waals surface area contributed by atoms with E-state index in [0.29, 0.717) is 5.13 Å². The van der Waals surface area contributed by atoms with Crippen LogP contribution < -0.4 is 11.1 Å². The van der Waals surface area contributed by atoms with E-state index in [9.17, 15) is 0 Å². The summed E-state index contributed by atoms with van der Waals surface area (Å²) in [7, 11) is 0. The zero-order chi connectivity index (χ0) is 15.5. The number of anilines is 2. The van der Waals surface area contributed by atoms with E-state index in [4.69, 9.17) is 5.73 Å². The quantitative estimate of drug-likeness (QED) is 0.682. The van der Waals surface area contributed by atoms with E-state index in [-0.39, 0.29) is 0 Å². The van der Waals surface area contributed by atoms with Crippen LogP contribution in [0.1, 0.15) is 46.4 Å². The van der Waals surface area contributed by atoms with Crippen LogP contribution in [0.2, 0.25) is 0 Å². The molecule has 2 aromatic rings. The third kappa shape index (κ3) is 4.23. The lowest BCUT2D eigenvalue weighted by atomic mass is 10.2. The maximum Gasteiger partial charge on any atom is 0.180 e. The average molecular weight is 297 g/mol. The van der Waals surface area contributed by atoms with E-state index in [1.165, 1.54) is 4.88 Å². The number of H-pyrrole nitrogens is 1. The lowest BCUT2D eigenvalue weighted by Gasteiger charge is -1.98. The first-order valence-electron chi connectivity index (χ1n) is 7.37. The van der Waals surface area contributed by atoms with Crippen molar-refractivity contribution >= 4 is 22.3 Å². The molecule has 0 aliphatic carbocycles. The van der Waals surface area contributed by atoms with Gasteiger partial charge in [0, 0.05) is 17.8 Å². The third-order valence-corrected chi connectivity index (χ3v) is 3.21. The number of rotatable bonds is 0. The predicted molar refractivity (Wildman–Crippen MR) is 90.3 cm³/mol. The van der Waals surface area contributed by atoms with Gasteiger partial charge in [-0.25, -0.2) is 4.98 Å². The van der Waals surface area contributed by atoms with Crippen molar-refractivity contribution in [2.24, 2.45) is 0 Å². The molecule has 2 aromatic heterocycles. The highest BCUT2D eigenvalue weighted by molar-refractivity contribution is 7.15. The van der Waals surface area contributed by atoms with Crippen LogP contribution in [0.3, 0.4) is 0 Å².